The van der Waals surface area contributed by atoms with Gasteiger partial charge in [0.25, 0.3) is 0 Å². The van der Waals surface area contributed by atoms with E-state index < -0.39 is 0 Å². The normalized spacial score (nSPS) is 35.4. The molecule has 0 spiro atoms. The summed E-state index contributed by atoms with van der Waals surface area (Å²) in [6.45, 7) is 7.47. The average molecular weight is 212 g/mol. The maximum Gasteiger partial charge on any atom is 0.0553 e. The average Bonchev–Trinajstić information content (AvgIpc) is 3.01. The van der Waals surface area contributed by atoms with Gasteiger partial charge < -0.3 is 15.3 Å². The Morgan fingerprint density at radius 1 is 1.33 bits per heavy atom. The van der Waals surface area contributed by atoms with Crippen molar-refractivity contribution in [1.29, 1.82) is 0 Å². The first-order valence-corrected chi connectivity index (χ1v) is 6.35. The van der Waals surface area contributed by atoms with Gasteiger partial charge in [0.05, 0.1) is 6.10 Å². The van der Waals surface area contributed by atoms with E-state index in [1.54, 1.807) is 0 Å². The van der Waals surface area contributed by atoms with E-state index in [1.165, 1.54) is 12.8 Å². The van der Waals surface area contributed by atoms with Crippen LogP contribution in [0.4, 0.5) is 0 Å². The molecule has 2 fully saturated rings. The van der Waals surface area contributed by atoms with Gasteiger partial charge in [-0.15, -0.1) is 0 Å². The zero-order valence-electron chi connectivity index (χ0n) is 9.95. The molecule has 1 aliphatic carbocycles. The third-order valence-corrected chi connectivity index (χ3v) is 3.74. The molecule has 3 atom stereocenters. The van der Waals surface area contributed by atoms with Crippen molar-refractivity contribution in [3.8, 4) is 0 Å². The topological polar surface area (TPSA) is 35.5 Å². The SMILES string of the molecule is CCN1CC(NC2CC2)CC(C(C)O)C1. The Morgan fingerprint density at radius 3 is 2.60 bits per heavy atom. The van der Waals surface area contributed by atoms with Crippen LogP contribution in [0.1, 0.15) is 33.1 Å². The quantitative estimate of drug-likeness (QED) is 0.724. The van der Waals surface area contributed by atoms with Crippen LogP contribution in [0.15, 0.2) is 0 Å². The van der Waals surface area contributed by atoms with Gasteiger partial charge in [-0.3, -0.25) is 0 Å². The van der Waals surface area contributed by atoms with Gasteiger partial charge in [0.2, 0.25) is 0 Å². The molecule has 88 valence electrons. The van der Waals surface area contributed by atoms with Gasteiger partial charge >= 0.3 is 0 Å². The summed E-state index contributed by atoms with van der Waals surface area (Å²) in [5.74, 6) is 0.454. The van der Waals surface area contributed by atoms with Gasteiger partial charge in [0.1, 0.15) is 0 Å². The van der Waals surface area contributed by atoms with Crippen molar-refractivity contribution < 1.29 is 5.11 Å². The molecule has 3 unspecified atom stereocenters. The van der Waals surface area contributed by atoms with E-state index >= 15 is 0 Å². The van der Waals surface area contributed by atoms with E-state index in [-0.39, 0.29) is 6.10 Å². The Morgan fingerprint density at radius 2 is 2.07 bits per heavy atom. The number of likely N-dealkylation sites (N-methyl/N-ethyl adjacent to an activating group) is 1. The molecule has 2 N–H and O–H groups in total. The number of hydrogen-bond acceptors (Lipinski definition) is 3. The summed E-state index contributed by atoms with van der Waals surface area (Å²) in [5, 5.41) is 13.4. The molecular formula is C12H24N2O. The zero-order chi connectivity index (χ0) is 10.8. The molecule has 3 nitrogen and oxygen atoms in total. The van der Waals surface area contributed by atoms with E-state index in [9.17, 15) is 5.11 Å². The summed E-state index contributed by atoms with van der Waals surface area (Å²) in [5.41, 5.74) is 0. The number of rotatable bonds is 4. The predicted molar refractivity (Wildman–Crippen MR) is 61.8 cm³/mol. The molecule has 0 amide bonds. The summed E-state index contributed by atoms with van der Waals surface area (Å²) in [6.07, 6.45) is 3.68. The van der Waals surface area contributed by atoms with E-state index in [1.807, 2.05) is 6.92 Å². The van der Waals surface area contributed by atoms with Gasteiger partial charge in [-0.05, 0) is 38.6 Å². The van der Waals surface area contributed by atoms with Gasteiger partial charge in [0.15, 0.2) is 0 Å². The monoisotopic (exact) mass is 212 g/mol. The summed E-state index contributed by atoms with van der Waals surface area (Å²) in [7, 11) is 0. The van der Waals surface area contributed by atoms with Crippen molar-refractivity contribution >= 4 is 0 Å². The molecule has 0 radical (unpaired) electrons. The molecule has 1 heterocycles. The molecule has 0 aromatic carbocycles. The van der Waals surface area contributed by atoms with Crippen molar-refractivity contribution in [2.45, 2.75) is 51.3 Å². The number of aliphatic hydroxyl groups excluding tert-OH is 1. The van der Waals surface area contributed by atoms with E-state index in [2.05, 4.69) is 17.1 Å². The van der Waals surface area contributed by atoms with Crippen molar-refractivity contribution in [2.75, 3.05) is 19.6 Å². The van der Waals surface area contributed by atoms with E-state index in [0.717, 1.165) is 32.1 Å². The highest BCUT2D eigenvalue weighted by Gasteiger charge is 2.32. The molecule has 2 rings (SSSR count). The number of hydrogen-bond donors (Lipinski definition) is 2. The smallest absolute Gasteiger partial charge is 0.0553 e. The molecule has 0 bridgehead atoms. The van der Waals surface area contributed by atoms with Crippen molar-refractivity contribution in [3.63, 3.8) is 0 Å². The van der Waals surface area contributed by atoms with Gasteiger partial charge in [-0.2, -0.15) is 0 Å². The van der Waals surface area contributed by atoms with Crippen LogP contribution in [-0.4, -0.2) is 47.8 Å². The first kappa shape index (κ1) is 11.4. The highest BCUT2D eigenvalue weighted by molar-refractivity contribution is 4.91. The van der Waals surface area contributed by atoms with Crippen LogP contribution in [-0.2, 0) is 0 Å². The third-order valence-electron chi connectivity index (χ3n) is 3.74. The molecule has 15 heavy (non-hydrogen) atoms. The van der Waals surface area contributed by atoms with Gasteiger partial charge in [-0.25, -0.2) is 0 Å². The minimum Gasteiger partial charge on any atom is -0.393 e. The molecule has 1 saturated carbocycles. The Bertz CT molecular complexity index is 204. The van der Waals surface area contributed by atoms with Crippen LogP contribution < -0.4 is 5.32 Å². The van der Waals surface area contributed by atoms with E-state index in [4.69, 9.17) is 0 Å². The first-order valence-electron chi connectivity index (χ1n) is 6.35. The second kappa shape index (κ2) is 4.81. The van der Waals surface area contributed by atoms with Crippen LogP contribution in [0.3, 0.4) is 0 Å². The van der Waals surface area contributed by atoms with Crippen LogP contribution in [0.2, 0.25) is 0 Å². The summed E-state index contributed by atoms with van der Waals surface area (Å²) < 4.78 is 0. The predicted octanol–water partition coefficient (Wildman–Crippen LogP) is 0.830. The van der Waals surface area contributed by atoms with Crippen LogP contribution >= 0.6 is 0 Å². The highest BCUT2D eigenvalue weighted by Crippen LogP contribution is 2.25. The van der Waals surface area contributed by atoms with Crippen LogP contribution in [0.25, 0.3) is 0 Å². The zero-order valence-corrected chi connectivity index (χ0v) is 9.95. The third kappa shape index (κ3) is 3.16. The number of nitrogens with zero attached hydrogens (tertiary/aromatic N) is 1. The lowest BCUT2D eigenvalue weighted by atomic mass is 9.90. The maximum absolute atomic E-state index is 9.70. The molecule has 1 saturated heterocycles. The van der Waals surface area contributed by atoms with Gasteiger partial charge in [-0.1, -0.05) is 6.92 Å². The molecule has 1 aliphatic heterocycles. The summed E-state index contributed by atoms with van der Waals surface area (Å²) >= 11 is 0. The summed E-state index contributed by atoms with van der Waals surface area (Å²) in [6, 6.07) is 1.38. The van der Waals surface area contributed by atoms with Crippen molar-refractivity contribution in [3.05, 3.63) is 0 Å². The molecule has 2 aliphatic rings. The highest BCUT2D eigenvalue weighted by atomic mass is 16.3. The van der Waals surface area contributed by atoms with Gasteiger partial charge in [0, 0.05) is 25.2 Å². The van der Waals surface area contributed by atoms with Crippen molar-refractivity contribution in [1.82, 2.24) is 10.2 Å². The molecule has 0 aromatic rings. The summed E-state index contributed by atoms with van der Waals surface area (Å²) in [4.78, 5) is 2.46. The molecule has 3 heteroatoms. The fourth-order valence-electron chi connectivity index (χ4n) is 2.54. The Hall–Kier alpha value is -0.120. The van der Waals surface area contributed by atoms with Crippen molar-refractivity contribution in [2.24, 2.45) is 5.92 Å². The van der Waals surface area contributed by atoms with Crippen LogP contribution in [0, 0.1) is 5.92 Å². The number of piperidine rings is 1. The lowest BCUT2D eigenvalue weighted by Gasteiger charge is -2.39. The van der Waals surface area contributed by atoms with E-state index in [0.29, 0.717) is 12.0 Å². The second-order valence-electron chi connectivity index (χ2n) is 5.23. The Balaban J connectivity index is 1.87. The minimum atomic E-state index is -0.164. The maximum atomic E-state index is 9.70. The fourth-order valence-corrected chi connectivity index (χ4v) is 2.54. The molecule has 0 aromatic heterocycles. The standard InChI is InChI=1S/C12H24N2O/c1-3-14-7-10(9(2)15)6-12(8-14)13-11-4-5-11/h9-13,15H,3-8H2,1-2H3. The first-order chi connectivity index (χ1) is 7.19. The lowest BCUT2D eigenvalue weighted by Crippen LogP contribution is -2.51. The Labute approximate surface area is 92.8 Å². The lowest BCUT2D eigenvalue weighted by molar-refractivity contribution is 0.0499. The minimum absolute atomic E-state index is 0.164. The van der Waals surface area contributed by atoms with Crippen LogP contribution in [0.5, 0.6) is 0 Å². The number of nitrogens with one attached hydrogen (secondary N) is 1. The number of aliphatic hydroxyl groups is 1. The Kier molecular flexibility index (Phi) is 3.65. The number of likely N-dealkylation sites (tertiary alicyclic amines) is 1. The molecular weight excluding hydrogens is 188 g/mol. The second-order valence-corrected chi connectivity index (χ2v) is 5.23. The largest absolute Gasteiger partial charge is 0.393 e. The fraction of sp³-hybridized carbons (Fsp3) is 1.00.